The Balaban J connectivity index is 1.53. The van der Waals surface area contributed by atoms with Gasteiger partial charge in [-0.15, -0.1) is 5.10 Å². The maximum Gasteiger partial charge on any atom is 0.137 e. The molecule has 1 aliphatic rings. The summed E-state index contributed by atoms with van der Waals surface area (Å²) in [6, 6.07) is 6.31. The van der Waals surface area contributed by atoms with Gasteiger partial charge < -0.3 is 4.40 Å². The third-order valence-electron chi connectivity index (χ3n) is 4.42. The van der Waals surface area contributed by atoms with Crippen LogP contribution < -0.4 is 0 Å². The second kappa shape index (κ2) is 4.62. The van der Waals surface area contributed by atoms with E-state index in [0.717, 1.165) is 34.0 Å². The number of rotatable bonds is 3. The van der Waals surface area contributed by atoms with Crippen molar-refractivity contribution in [3.8, 4) is 0 Å². The molecule has 114 valence electrons. The van der Waals surface area contributed by atoms with Crippen molar-refractivity contribution in [1.29, 1.82) is 0 Å². The number of hydrogen-bond acceptors (Lipinski definition) is 4. The molecule has 6 heteroatoms. The minimum atomic E-state index is 0.612. The van der Waals surface area contributed by atoms with Gasteiger partial charge in [-0.3, -0.25) is 4.98 Å². The van der Waals surface area contributed by atoms with Crippen LogP contribution in [0.15, 0.2) is 36.8 Å². The Morgan fingerprint density at radius 3 is 3.00 bits per heavy atom. The molecule has 0 aliphatic heterocycles. The van der Waals surface area contributed by atoms with E-state index in [1.807, 2.05) is 17.7 Å². The molecule has 1 aliphatic carbocycles. The molecular weight excluding hydrogens is 288 g/mol. The van der Waals surface area contributed by atoms with Crippen molar-refractivity contribution in [1.82, 2.24) is 29.4 Å². The first-order chi connectivity index (χ1) is 11.3. The van der Waals surface area contributed by atoms with Gasteiger partial charge in [-0.05, 0) is 43.4 Å². The molecule has 0 unspecified atom stereocenters. The summed E-state index contributed by atoms with van der Waals surface area (Å²) in [6.07, 6.45) is 8.68. The first-order valence-electron chi connectivity index (χ1n) is 7.90. The van der Waals surface area contributed by atoms with Gasteiger partial charge in [0, 0.05) is 18.1 Å². The van der Waals surface area contributed by atoms with Crippen molar-refractivity contribution in [2.75, 3.05) is 0 Å². The first kappa shape index (κ1) is 12.8. The fourth-order valence-corrected chi connectivity index (χ4v) is 3.04. The van der Waals surface area contributed by atoms with Crippen molar-refractivity contribution in [3.63, 3.8) is 0 Å². The normalized spacial score (nSPS) is 14.8. The van der Waals surface area contributed by atoms with Crippen LogP contribution in [0.2, 0.25) is 0 Å². The standard InChI is InChI=1S/C17H16N6/c1-11-6-16-15(7-18-11)20-21-23(16)10-14-9-22-8-13(12-2-3-12)4-5-17(22)19-14/h4-9,12H,2-3,10H2,1H3. The summed E-state index contributed by atoms with van der Waals surface area (Å²) in [5.74, 6) is 0.750. The van der Waals surface area contributed by atoms with Gasteiger partial charge in [0.25, 0.3) is 0 Å². The van der Waals surface area contributed by atoms with Gasteiger partial charge in [0.15, 0.2) is 0 Å². The summed E-state index contributed by atoms with van der Waals surface area (Å²) in [5.41, 5.74) is 6.15. The van der Waals surface area contributed by atoms with Crippen LogP contribution in [0.1, 0.15) is 35.7 Å². The molecule has 0 aromatic carbocycles. The molecule has 0 spiro atoms. The van der Waals surface area contributed by atoms with E-state index in [2.05, 4.69) is 44.2 Å². The number of aryl methyl sites for hydroxylation is 1. The van der Waals surface area contributed by atoms with E-state index in [0.29, 0.717) is 6.54 Å². The second-order valence-corrected chi connectivity index (χ2v) is 6.30. The molecule has 4 aromatic rings. The Hall–Kier alpha value is -2.76. The number of aromatic nitrogens is 6. The number of imidazole rings is 1. The molecule has 0 N–H and O–H groups in total. The maximum atomic E-state index is 4.70. The summed E-state index contributed by atoms with van der Waals surface area (Å²) in [6.45, 7) is 2.58. The molecule has 0 saturated heterocycles. The lowest BCUT2D eigenvalue weighted by atomic mass is 10.2. The molecule has 4 aromatic heterocycles. The van der Waals surface area contributed by atoms with Gasteiger partial charge in [-0.25, -0.2) is 9.67 Å². The Bertz CT molecular complexity index is 1020. The molecule has 5 rings (SSSR count). The van der Waals surface area contributed by atoms with Crippen molar-refractivity contribution in [2.45, 2.75) is 32.2 Å². The number of fused-ring (bicyclic) bond motifs is 2. The lowest BCUT2D eigenvalue weighted by Gasteiger charge is -1.99. The van der Waals surface area contributed by atoms with Crippen molar-refractivity contribution < 1.29 is 0 Å². The van der Waals surface area contributed by atoms with Crippen LogP contribution in [0.4, 0.5) is 0 Å². The lowest BCUT2D eigenvalue weighted by molar-refractivity contribution is 0.660. The van der Waals surface area contributed by atoms with E-state index in [1.165, 1.54) is 18.4 Å². The van der Waals surface area contributed by atoms with E-state index in [4.69, 9.17) is 4.98 Å². The SMILES string of the molecule is Cc1cc2c(cn1)nnn2Cc1cn2cc(C3CC3)ccc2n1. The fraction of sp³-hybridized carbons (Fsp3) is 0.294. The molecule has 4 heterocycles. The van der Waals surface area contributed by atoms with E-state index < -0.39 is 0 Å². The summed E-state index contributed by atoms with van der Waals surface area (Å²) in [5, 5.41) is 8.41. The Kier molecular flexibility index (Phi) is 2.56. The Morgan fingerprint density at radius 2 is 2.13 bits per heavy atom. The van der Waals surface area contributed by atoms with Gasteiger partial charge in [-0.2, -0.15) is 0 Å². The van der Waals surface area contributed by atoms with E-state index >= 15 is 0 Å². The number of pyridine rings is 2. The zero-order chi connectivity index (χ0) is 15.4. The van der Waals surface area contributed by atoms with Gasteiger partial charge in [-0.1, -0.05) is 11.3 Å². The third-order valence-corrected chi connectivity index (χ3v) is 4.42. The van der Waals surface area contributed by atoms with Gasteiger partial charge >= 0.3 is 0 Å². The number of hydrogen-bond donors (Lipinski definition) is 0. The number of nitrogens with zero attached hydrogens (tertiary/aromatic N) is 6. The van der Waals surface area contributed by atoms with Crippen LogP contribution in [-0.2, 0) is 6.54 Å². The highest BCUT2D eigenvalue weighted by Gasteiger charge is 2.23. The van der Waals surface area contributed by atoms with Gasteiger partial charge in [0.1, 0.15) is 11.2 Å². The van der Waals surface area contributed by atoms with Crippen LogP contribution in [0.3, 0.4) is 0 Å². The molecule has 0 amide bonds. The third kappa shape index (κ3) is 2.18. The Labute approximate surface area is 132 Å². The highest BCUT2D eigenvalue weighted by Crippen LogP contribution is 2.39. The Morgan fingerprint density at radius 1 is 1.22 bits per heavy atom. The molecule has 0 atom stereocenters. The van der Waals surface area contributed by atoms with E-state index in [9.17, 15) is 0 Å². The van der Waals surface area contributed by atoms with Crippen LogP contribution in [0.5, 0.6) is 0 Å². The summed E-state index contributed by atoms with van der Waals surface area (Å²) in [4.78, 5) is 8.96. The summed E-state index contributed by atoms with van der Waals surface area (Å²) in [7, 11) is 0. The van der Waals surface area contributed by atoms with Gasteiger partial charge in [0.2, 0.25) is 0 Å². The molecule has 0 radical (unpaired) electrons. The van der Waals surface area contributed by atoms with Crippen LogP contribution in [0.25, 0.3) is 16.7 Å². The largest absolute Gasteiger partial charge is 0.306 e. The maximum absolute atomic E-state index is 4.70. The molecular formula is C17H16N6. The fourth-order valence-electron chi connectivity index (χ4n) is 3.04. The smallest absolute Gasteiger partial charge is 0.137 e. The minimum Gasteiger partial charge on any atom is -0.306 e. The molecule has 1 fully saturated rings. The van der Waals surface area contributed by atoms with E-state index in [-0.39, 0.29) is 0 Å². The predicted octanol–water partition coefficient (Wildman–Crippen LogP) is 2.71. The topological polar surface area (TPSA) is 60.9 Å². The van der Waals surface area contributed by atoms with Crippen LogP contribution >= 0.6 is 0 Å². The van der Waals surface area contributed by atoms with Crippen molar-refractivity contribution >= 4 is 16.7 Å². The second-order valence-electron chi connectivity index (χ2n) is 6.30. The van der Waals surface area contributed by atoms with Crippen molar-refractivity contribution in [3.05, 3.63) is 53.7 Å². The quantitative estimate of drug-likeness (QED) is 0.584. The van der Waals surface area contributed by atoms with Crippen LogP contribution in [0, 0.1) is 6.92 Å². The summed E-state index contributed by atoms with van der Waals surface area (Å²) < 4.78 is 4.00. The zero-order valence-corrected chi connectivity index (χ0v) is 12.8. The van der Waals surface area contributed by atoms with E-state index in [1.54, 1.807) is 6.20 Å². The molecule has 0 bridgehead atoms. The first-order valence-corrected chi connectivity index (χ1v) is 7.90. The lowest BCUT2D eigenvalue weighted by Crippen LogP contribution is -2.02. The predicted molar refractivity (Wildman–Crippen MR) is 86.3 cm³/mol. The molecule has 1 saturated carbocycles. The molecule has 6 nitrogen and oxygen atoms in total. The monoisotopic (exact) mass is 304 g/mol. The molecule has 23 heavy (non-hydrogen) atoms. The summed E-state index contributed by atoms with van der Waals surface area (Å²) >= 11 is 0. The highest BCUT2D eigenvalue weighted by molar-refractivity contribution is 5.73. The van der Waals surface area contributed by atoms with Crippen molar-refractivity contribution in [2.24, 2.45) is 0 Å². The highest BCUT2D eigenvalue weighted by atomic mass is 15.4. The average Bonchev–Trinajstić information content (AvgIpc) is 3.22. The zero-order valence-electron chi connectivity index (χ0n) is 12.8. The van der Waals surface area contributed by atoms with Crippen LogP contribution in [-0.4, -0.2) is 29.4 Å². The average molecular weight is 304 g/mol. The minimum absolute atomic E-state index is 0.612. The van der Waals surface area contributed by atoms with Gasteiger partial charge in [0.05, 0.1) is 24.0 Å².